The van der Waals surface area contributed by atoms with Gasteiger partial charge in [0.05, 0.1) is 0 Å². The summed E-state index contributed by atoms with van der Waals surface area (Å²) >= 11 is 2.00. The zero-order valence-corrected chi connectivity index (χ0v) is 10.7. The summed E-state index contributed by atoms with van der Waals surface area (Å²) in [4.78, 5) is 13.9. The second-order valence-electron chi connectivity index (χ2n) is 4.72. The van der Waals surface area contributed by atoms with Crippen molar-refractivity contribution in [3.63, 3.8) is 0 Å². The van der Waals surface area contributed by atoms with Gasteiger partial charge >= 0.3 is 6.03 Å². The molecule has 3 nitrogen and oxygen atoms in total. The SMILES string of the molecule is O=C(NCC1CCCS1)N1CCCCCC1. The van der Waals surface area contributed by atoms with E-state index in [1.165, 1.54) is 44.3 Å². The van der Waals surface area contributed by atoms with Gasteiger partial charge in [-0.1, -0.05) is 12.8 Å². The van der Waals surface area contributed by atoms with E-state index >= 15 is 0 Å². The van der Waals surface area contributed by atoms with Crippen molar-refractivity contribution < 1.29 is 4.79 Å². The predicted octanol–water partition coefficient (Wildman–Crippen LogP) is 2.47. The molecule has 2 heterocycles. The third kappa shape index (κ3) is 3.58. The molecule has 0 aromatic heterocycles. The molecule has 0 aromatic carbocycles. The Morgan fingerprint density at radius 2 is 1.94 bits per heavy atom. The number of nitrogens with zero attached hydrogens (tertiary/aromatic N) is 1. The zero-order valence-electron chi connectivity index (χ0n) is 9.91. The van der Waals surface area contributed by atoms with E-state index in [0.29, 0.717) is 5.25 Å². The van der Waals surface area contributed by atoms with Gasteiger partial charge < -0.3 is 10.2 Å². The summed E-state index contributed by atoms with van der Waals surface area (Å²) in [7, 11) is 0. The van der Waals surface area contributed by atoms with Crippen molar-refractivity contribution in [3.05, 3.63) is 0 Å². The Labute approximate surface area is 102 Å². The van der Waals surface area contributed by atoms with Crippen LogP contribution in [-0.2, 0) is 0 Å². The molecule has 2 saturated heterocycles. The van der Waals surface area contributed by atoms with Gasteiger partial charge in [0, 0.05) is 24.9 Å². The maximum Gasteiger partial charge on any atom is 0.317 e. The van der Waals surface area contributed by atoms with Crippen LogP contribution in [0.4, 0.5) is 4.79 Å². The highest BCUT2D eigenvalue weighted by Gasteiger charge is 2.19. The monoisotopic (exact) mass is 242 g/mol. The molecule has 0 bridgehead atoms. The van der Waals surface area contributed by atoms with E-state index in [4.69, 9.17) is 0 Å². The van der Waals surface area contributed by atoms with E-state index in [9.17, 15) is 4.79 Å². The average Bonchev–Trinajstić information content (AvgIpc) is 2.66. The highest BCUT2D eigenvalue weighted by atomic mass is 32.2. The smallest absolute Gasteiger partial charge is 0.317 e. The van der Waals surface area contributed by atoms with Crippen molar-refractivity contribution in [2.75, 3.05) is 25.4 Å². The number of likely N-dealkylation sites (tertiary alicyclic amines) is 1. The summed E-state index contributed by atoms with van der Waals surface area (Å²) in [6.45, 7) is 2.76. The third-order valence-electron chi connectivity index (χ3n) is 3.40. The van der Waals surface area contributed by atoms with Crippen molar-refractivity contribution in [1.82, 2.24) is 10.2 Å². The fourth-order valence-corrected chi connectivity index (χ4v) is 3.59. The Balaban J connectivity index is 1.69. The van der Waals surface area contributed by atoms with Gasteiger partial charge in [0.2, 0.25) is 0 Å². The standard InChI is InChI=1S/C12H22N2OS/c15-12(13-10-11-6-5-9-16-11)14-7-3-1-2-4-8-14/h11H,1-10H2,(H,13,15). The third-order valence-corrected chi connectivity index (χ3v) is 4.80. The van der Waals surface area contributed by atoms with Crippen LogP contribution in [0.2, 0.25) is 0 Å². The van der Waals surface area contributed by atoms with Crippen LogP contribution in [0.25, 0.3) is 0 Å². The maximum atomic E-state index is 11.9. The zero-order chi connectivity index (χ0) is 11.2. The van der Waals surface area contributed by atoms with Gasteiger partial charge in [0.1, 0.15) is 0 Å². The first-order chi connectivity index (χ1) is 7.86. The second-order valence-corrected chi connectivity index (χ2v) is 6.13. The van der Waals surface area contributed by atoms with Crippen LogP contribution in [0.5, 0.6) is 0 Å². The minimum atomic E-state index is 0.161. The minimum absolute atomic E-state index is 0.161. The number of urea groups is 1. The van der Waals surface area contributed by atoms with Gasteiger partial charge in [-0.15, -0.1) is 0 Å². The van der Waals surface area contributed by atoms with Gasteiger partial charge in [-0.25, -0.2) is 4.79 Å². The van der Waals surface area contributed by atoms with E-state index in [1.54, 1.807) is 0 Å². The lowest BCUT2D eigenvalue weighted by Gasteiger charge is -2.21. The molecule has 0 aromatic rings. The number of thioether (sulfide) groups is 1. The lowest BCUT2D eigenvalue weighted by Crippen LogP contribution is -2.42. The van der Waals surface area contributed by atoms with E-state index in [1.807, 2.05) is 16.7 Å². The molecule has 2 aliphatic rings. The van der Waals surface area contributed by atoms with Crippen LogP contribution in [0.15, 0.2) is 0 Å². The summed E-state index contributed by atoms with van der Waals surface area (Å²) in [5.41, 5.74) is 0. The number of hydrogen-bond donors (Lipinski definition) is 1. The Hall–Kier alpha value is -0.380. The highest BCUT2D eigenvalue weighted by Crippen LogP contribution is 2.25. The van der Waals surface area contributed by atoms with Crippen LogP contribution in [0.3, 0.4) is 0 Å². The first kappa shape index (κ1) is 12.1. The molecule has 1 N–H and O–H groups in total. The molecule has 0 radical (unpaired) electrons. The van der Waals surface area contributed by atoms with E-state index in [2.05, 4.69) is 5.32 Å². The summed E-state index contributed by atoms with van der Waals surface area (Å²) in [5, 5.41) is 3.75. The summed E-state index contributed by atoms with van der Waals surface area (Å²) in [6.07, 6.45) is 7.49. The number of hydrogen-bond acceptors (Lipinski definition) is 2. The molecule has 0 spiro atoms. The lowest BCUT2D eigenvalue weighted by molar-refractivity contribution is 0.200. The molecule has 2 aliphatic heterocycles. The van der Waals surface area contributed by atoms with Crippen LogP contribution < -0.4 is 5.32 Å². The van der Waals surface area contributed by atoms with Crippen LogP contribution in [-0.4, -0.2) is 41.6 Å². The van der Waals surface area contributed by atoms with E-state index in [-0.39, 0.29) is 6.03 Å². The first-order valence-corrected chi connectivity index (χ1v) is 7.55. The van der Waals surface area contributed by atoms with Gasteiger partial charge in [0.15, 0.2) is 0 Å². The molecule has 1 unspecified atom stereocenters. The van der Waals surface area contributed by atoms with Crippen molar-refractivity contribution in [3.8, 4) is 0 Å². The quantitative estimate of drug-likeness (QED) is 0.807. The average molecular weight is 242 g/mol. The van der Waals surface area contributed by atoms with Crippen LogP contribution >= 0.6 is 11.8 Å². The minimum Gasteiger partial charge on any atom is -0.337 e. The number of carbonyl (C=O) groups excluding carboxylic acids is 1. The molecule has 2 fully saturated rings. The molecular weight excluding hydrogens is 220 g/mol. The Bertz CT molecular complexity index is 221. The molecule has 4 heteroatoms. The lowest BCUT2D eigenvalue weighted by atomic mass is 10.2. The summed E-state index contributed by atoms with van der Waals surface area (Å²) in [6, 6.07) is 0.161. The van der Waals surface area contributed by atoms with Gasteiger partial charge in [-0.05, 0) is 31.4 Å². The van der Waals surface area contributed by atoms with Crippen molar-refractivity contribution >= 4 is 17.8 Å². The normalized spacial score (nSPS) is 26.5. The van der Waals surface area contributed by atoms with Crippen LogP contribution in [0.1, 0.15) is 38.5 Å². The molecule has 16 heavy (non-hydrogen) atoms. The Kier molecular flexibility index (Phi) is 4.82. The highest BCUT2D eigenvalue weighted by molar-refractivity contribution is 8.00. The van der Waals surface area contributed by atoms with Crippen molar-refractivity contribution in [1.29, 1.82) is 0 Å². The molecule has 1 atom stereocenters. The molecule has 2 rings (SSSR count). The van der Waals surface area contributed by atoms with Crippen LogP contribution in [0, 0.1) is 0 Å². The first-order valence-electron chi connectivity index (χ1n) is 6.50. The molecule has 0 aliphatic carbocycles. The molecular formula is C12H22N2OS. The van der Waals surface area contributed by atoms with Crippen molar-refractivity contribution in [2.24, 2.45) is 0 Å². The van der Waals surface area contributed by atoms with E-state index < -0.39 is 0 Å². The number of nitrogens with one attached hydrogen (secondary N) is 1. The molecule has 2 amide bonds. The van der Waals surface area contributed by atoms with Gasteiger partial charge in [-0.2, -0.15) is 11.8 Å². The Morgan fingerprint density at radius 1 is 1.19 bits per heavy atom. The fraction of sp³-hybridized carbons (Fsp3) is 0.917. The summed E-state index contributed by atoms with van der Waals surface area (Å²) < 4.78 is 0. The number of amides is 2. The fourth-order valence-electron chi connectivity index (χ4n) is 2.39. The number of carbonyl (C=O) groups is 1. The van der Waals surface area contributed by atoms with Gasteiger partial charge in [0.25, 0.3) is 0 Å². The summed E-state index contributed by atoms with van der Waals surface area (Å²) in [5.74, 6) is 1.27. The van der Waals surface area contributed by atoms with Crippen molar-refractivity contribution in [2.45, 2.75) is 43.8 Å². The largest absolute Gasteiger partial charge is 0.337 e. The molecule has 0 saturated carbocycles. The topological polar surface area (TPSA) is 32.3 Å². The van der Waals surface area contributed by atoms with Gasteiger partial charge in [-0.3, -0.25) is 0 Å². The second kappa shape index (κ2) is 6.38. The number of rotatable bonds is 2. The maximum absolute atomic E-state index is 11.9. The Morgan fingerprint density at radius 3 is 2.56 bits per heavy atom. The molecule has 92 valence electrons. The van der Waals surface area contributed by atoms with E-state index in [0.717, 1.165) is 19.6 Å². The predicted molar refractivity (Wildman–Crippen MR) is 68.9 cm³/mol.